The normalized spacial score (nSPS) is 12.4. The molecule has 1 fully saturated rings. The lowest BCUT2D eigenvalue weighted by molar-refractivity contribution is 0.0701. The van der Waals surface area contributed by atoms with Crippen LogP contribution < -0.4 is 26.2 Å². The standard InChI is InChI=1S/C21H27N4O5PS.C16H15N3O3S.C7H15O3P.CH4/c1-5-29-31(28,30-6-2)13-22-21(27)18-9-10-19(32-18)25(4)12-15-7-8-17-16(11-15)20(26)24-14(3)23-17;1-9-17-12-4-3-10(7-11(12)15(20)18-9)8-19(2)14-6-5-13(23-14)16(21)22;1-3-9-11(8,10-4-2)7-5-6-7;/h7-11H,5-6,12-13H2,1-4H3,(H,22,27)(H,23,24,26);3-7H,8H2,1-2H3,(H,21,22)(H,17,18,20);7H,3-6H2,1-2H3;1H4. The van der Waals surface area contributed by atoms with Gasteiger partial charge in [0.05, 0.1) is 68.8 Å². The number of hydrogen-bond donors (Lipinski definition) is 4. The van der Waals surface area contributed by atoms with Gasteiger partial charge in [-0.25, -0.2) is 14.8 Å². The first kappa shape index (κ1) is 54.6. The summed E-state index contributed by atoms with van der Waals surface area (Å²) in [6.45, 7) is 13.2. The van der Waals surface area contributed by atoms with E-state index in [0.717, 1.165) is 34.0 Å². The molecule has 1 aliphatic carbocycles. The Bertz CT molecular complexity index is 2820. The fourth-order valence-corrected chi connectivity index (χ4v) is 11.7. The summed E-state index contributed by atoms with van der Waals surface area (Å²) >= 11 is 2.54. The number of carbonyl (C=O) groups is 2. The minimum Gasteiger partial charge on any atom is -0.477 e. The van der Waals surface area contributed by atoms with Gasteiger partial charge < -0.3 is 48.3 Å². The van der Waals surface area contributed by atoms with Crippen molar-refractivity contribution in [2.75, 3.05) is 56.6 Å². The number of aromatic carboxylic acids is 1. The summed E-state index contributed by atoms with van der Waals surface area (Å²) in [5.74, 6) is -0.0934. The third-order valence-electron chi connectivity index (χ3n) is 9.68. The molecule has 1 amide bonds. The van der Waals surface area contributed by atoms with Crippen LogP contribution in [0.15, 0.2) is 70.3 Å². The summed E-state index contributed by atoms with van der Waals surface area (Å²) in [7, 11) is -2.23. The van der Waals surface area contributed by atoms with Gasteiger partial charge in [0.2, 0.25) is 0 Å². The number of carboxylic acids is 1. The zero-order valence-electron chi connectivity index (χ0n) is 38.2. The quantitative estimate of drug-likeness (QED) is 0.0553. The van der Waals surface area contributed by atoms with Gasteiger partial charge in [-0.15, -0.1) is 22.7 Å². The smallest absolute Gasteiger partial charge is 0.349 e. The summed E-state index contributed by atoms with van der Waals surface area (Å²) < 4.78 is 44.9. The van der Waals surface area contributed by atoms with Gasteiger partial charge in [0, 0.05) is 27.2 Å². The number of rotatable bonds is 19. The minimum atomic E-state index is -3.35. The summed E-state index contributed by atoms with van der Waals surface area (Å²) in [6, 6.07) is 18.1. The molecule has 0 atom stereocenters. The van der Waals surface area contributed by atoms with Crippen LogP contribution >= 0.6 is 37.9 Å². The number of H-pyrrole nitrogens is 2. The number of thiophene rings is 2. The third-order valence-corrected chi connectivity index (χ3v) is 16.6. The van der Waals surface area contributed by atoms with Gasteiger partial charge in [-0.3, -0.25) is 23.5 Å². The van der Waals surface area contributed by atoms with Crippen molar-refractivity contribution < 1.29 is 41.9 Å². The van der Waals surface area contributed by atoms with Gasteiger partial charge in [-0.05, 0) is 114 Å². The molecule has 0 bridgehead atoms. The van der Waals surface area contributed by atoms with Crippen LogP contribution in [0, 0.1) is 13.8 Å². The Morgan fingerprint density at radius 3 is 1.55 bits per heavy atom. The number of aromatic amines is 2. The highest BCUT2D eigenvalue weighted by molar-refractivity contribution is 7.55. The van der Waals surface area contributed by atoms with E-state index in [4.69, 9.17) is 23.2 Å². The van der Waals surface area contributed by atoms with E-state index in [1.165, 1.54) is 22.7 Å². The first-order valence-corrected chi connectivity index (χ1v) is 26.3. The molecule has 4 heterocycles. The van der Waals surface area contributed by atoms with Crippen molar-refractivity contribution in [3.63, 3.8) is 0 Å². The molecule has 0 spiro atoms. The molecule has 22 heteroatoms. The molecule has 67 heavy (non-hydrogen) atoms. The second-order valence-corrected chi connectivity index (χ2v) is 21.5. The molecular weight excluding hydrogens is 941 g/mol. The van der Waals surface area contributed by atoms with Crippen molar-refractivity contribution in [2.45, 2.75) is 80.6 Å². The highest BCUT2D eigenvalue weighted by atomic mass is 32.1. The van der Waals surface area contributed by atoms with E-state index in [-0.39, 0.29) is 49.6 Å². The lowest BCUT2D eigenvalue weighted by Gasteiger charge is -2.18. The predicted molar refractivity (Wildman–Crippen MR) is 268 cm³/mol. The summed E-state index contributed by atoms with van der Waals surface area (Å²) in [5, 5.41) is 14.5. The van der Waals surface area contributed by atoms with Gasteiger partial charge >= 0.3 is 21.2 Å². The molecule has 1 aliphatic rings. The van der Waals surface area contributed by atoms with Gasteiger partial charge in [-0.2, -0.15) is 0 Å². The fraction of sp³-hybridized carbons (Fsp3) is 0.422. The van der Waals surface area contributed by atoms with E-state index >= 15 is 0 Å². The number of fused-ring (bicyclic) bond motifs is 2. The van der Waals surface area contributed by atoms with Gasteiger partial charge in [0.1, 0.15) is 22.8 Å². The van der Waals surface area contributed by atoms with Crippen molar-refractivity contribution >= 4 is 81.5 Å². The Labute approximate surface area is 398 Å². The van der Waals surface area contributed by atoms with E-state index in [2.05, 4.69) is 25.3 Å². The molecule has 0 aliphatic heterocycles. The van der Waals surface area contributed by atoms with Gasteiger partial charge in [0.25, 0.3) is 17.0 Å². The van der Waals surface area contributed by atoms with E-state index in [9.17, 15) is 28.3 Å². The Kier molecular flexibility index (Phi) is 20.2. The maximum Gasteiger partial charge on any atom is 0.349 e. The average Bonchev–Trinajstić information content (AvgIpc) is 3.79. The molecule has 18 nitrogen and oxygen atoms in total. The monoisotopic (exact) mass is 1000 g/mol. The van der Waals surface area contributed by atoms with Gasteiger partial charge in [-0.1, -0.05) is 19.6 Å². The fourth-order valence-electron chi connectivity index (χ4n) is 6.58. The molecular formula is C45H61N7O11P2S2. The van der Waals surface area contributed by atoms with Crippen LogP contribution in [0.3, 0.4) is 0 Å². The van der Waals surface area contributed by atoms with Crippen LogP contribution in [-0.4, -0.2) is 89.4 Å². The van der Waals surface area contributed by atoms with Crippen molar-refractivity contribution in [3.05, 3.63) is 114 Å². The van der Waals surface area contributed by atoms with Crippen molar-refractivity contribution in [3.8, 4) is 0 Å². The molecule has 6 aromatic rings. The number of amides is 1. The lowest BCUT2D eigenvalue weighted by atomic mass is 10.1. The Balaban J connectivity index is 0.000000243. The number of nitrogens with zero attached hydrogens (tertiary/aromatic N) is 4. The number of aryl methyl sites for hydroxylation is 2. The Morgan fingerprint density at radius 2 is 1.15 bits per heavy atom. The minimum absolute atomic E-state index is 0. The van der Waals surface area contributed by atoms with E-state index in [0.29, 0.717) is 69.5 Å². The third kappa shape index (κ3) is 15.2. The van der Waals surface area contributed by atoms with E-state index in [1.54, 1.807) is 45.9 Å². The van der Waals surface area contributed by atoms with Crippen molar-refractivity contribution in [2.24, 2.45) is 0 Å². The number of carboxylic acid groups (broad SMARTS) is 1. The molecule has 0 saturated heterocycles. The number of aromatic nitrogens is 4. The van der Waals surface area contributed by atoms with Crippen molar-refractivity contribution in [1.29, 1.82) is 0 Å². The SMILES string of the molecule is C.CCOP(=O)(CNC(=O)c1ccc(N(C)Cc2ccc3nc(C)[nH]c(=O)c3c2)s1)OCC.CCOP(=O)(OCC)C1CC1.Cc1nc2ccc(CN(C)c3ccc(C(=O)O)s3)cc2c(=O)[nH]1. The molecule has 0 unspecified atom stereocenters. The zero-order chi connectivity index (χ0) is 48.2. The largest absolute Gasteiger partial charge is 0.477 e. The molecule has 4 N–H and O–H groups in total. The summed E-state index contributed by atoms with van der Waals surface area (Å²) in [5.41, 5.74) is 3.12. The van der Waals surface area contributed by atoms with Crippen LogP contribution in [0.2, 0.25) is 0 Å². The number of benzene rings is 2. The Hall–Kier alpha value is -5.04. The van der Waals surface area contributed by atoms with Crippen molar-refractivity contribution in [1.82, 2.24) is 25.3 Å². The van der Waals surface area contributed by atoms with Crippen LogP contribution in [0.5, 0.6) is 0 Å². The molecule has 1 saturated carbocycles. The average molecular weight is 1000 g/mol. The topological polar surface area (TPSA) is 235 Å². The number of anilines is 2. The first-order chi connectivity index (χ1) is 31.4. The highest BCUT2D eigenvalue weighted by Gasteiger charge is 2.43. The summed E-state index contributed by atoms with van der Waals surface area (Å²) in [4.78, 5) is 66.5. The predicted octanol–water partition coefficient (Wildman–Crippen LogP) is 9.56. The molecule has 364 valence electrons. The van der Waals surface area contributed by atoms with Gasteiger partial charge in [0.15, 0.2) is 0 Å². The maximum atomic E-state index is 12.5. The second-order valence-electron chi connectivity index (χ2n) is 15.0. The number of carbonyl (C=O) groups excluding carboxylic acids is 1. The number of nitrogens with one attached hydrogen (secondary N) is 3. The molecule has 7 rings (SSSR count). The van der Waals surface area contributed by atoms with Crippen LogP contribution in [0.1, 0.15) is 90.1 Å². The lowest BCUT2D eigenvalue weighted by Crippen LogP contribution is -2.25. The van der Waals surface area contributed by atoms with Crippen LogP contribution in [0.4, 0.5) is 10.0 Å². The summed E-state index contributed by atoms with van der Waals surface area (Å²) in [6.07, 6.45) is 1.81. The van der Waals surface area contributed by atoms with E-state index in [1.807, 2.05) is 80.2 Å². The maximum absolute atomic E-state index is 12.5. The molecule has 4 aromatic heterocycles. The molecule has 2 aromatic carbocycles. The van der Waals surface area contributed by atoms with Crippen LogP contribution in [0.25, 0.3) is 21.8 Å². The van der Waals surface area contributed by atoms with Crippen LogP contribution in [-0.2, 0) is 40.3 Å². The highest BCUT2D eigenvalue weighted by Crippen LogP contribution is 2.62. The molecule has 0 radical (unpaired) electrons. The second kappa shape index (κ2) is 24.8. The first-order valence-electron chi connectivity index (χ1n) is 21.3. The van der Waals surface area contributed by atoms with E-state index < -0.39 is 21.2 Å². The zero-order valence-corrected chi connectivity index (χ0v) is 41.7. The number of hydrogen-bond acceptors (Lipinski definition) is 16. The Morgan fingerprint density at radius 1 is 0.716 bits per heavy atom.